The van der Waals surface area contributed by atoms with Gasteiger partial charge in [-0.15, -0.1) is 0 Å². The Morgan fingerprint density at radius 2 is 1.72 bits per heavy atom. The number of carbonyl (C=O) groups is 3. The number of imidazole rings is 2. The van der Waals surface area contributed by atoms with Crippen molar-refractivity contribution in [2.24, 2.45) is 11.8 Å². The molecule has 3 aliphatic heterocycles. The predicted molar refractivity (Wildman–Crippen MR) is 232 cm³/mol. The van der Waals surface area contributed by atoms with Gasteiger partial charge in [-0.3, -0.25) is 9.69 Å². The molecule has 324 valence electrons. The average molecular weight is 835 g/mol. The van der Waals surface area contributed by atoms with Gasteiger partial charge in [-0.25, -0.2) is 19.6 Å². The quantitative estimate of drug-likeness (QED) is 0.0978. The molecule has 0 saturated carbocycles. The van der Waals surface area contributed by atoms with Gasteiger partial charge in [0.25, 0.3) is 0 Å². The van der Waals surface area contributed by atoms with Crippen molar-refractivity contribution in [2.75, 3.05) is 34.4 Å². The fraction of sp³-hybridized carbons (Fsp3) is 0.500. The molecule has 0 bridgehead atoms. The maximum atomic E-state index is 14.0. The Kier molecular flexibility index (Phi) is 12.0. The van der Waals surface area contributed by atoms with E-state index < -0.39 is 18.2 Å². The molecule has 3 aromatic carbocycles. The van der Waals surface area contributed by atoms with Crippen molar-refractivity contribution in [1.82, 2.24) is 40.4 Å². The summed E-state index contributed by atoms with van der Waals surface area (Å²) in [5.74, 6) is 2.67. The minimum absolute atomic E-state index is 0.0165. The minimum Gasteiger partial charge on any atom is -0.488 e. The summed E-state index contributed by atoms with van der Waals surface area (Å²) in [5, 5.41) is 7.71. The molecule has 61 heavy (non-hydrogen) atoms. The van der Waals surface area contributed by atoms with Crippen LogP contribution >= 0.6 is 0 Å². The highest BCUT2D eigenvalue weighted by Crippen LogP contribution is 2.44. The van der Waals surface area contributed by atoms with E-state index in [9.17, 15) is 14.4 Å². The van der Waals surface area contributed by atoms with E-state index in [-0.39, 0.29) is 42.1 Å². The van der Waals surface area contributed by atoms with Crippen LogP contribution in [0.4, 0.5) is 9.59 Å². The van der Waals surface area contributed by atoms with E-state index in [1.165, 1.54) is 14.2 Å². The van der Waals surface area contributed by atoms with Crippen LogP contribution in [0.2, 0.25) is 0 Å². The number of likely N-dealkylation sites (tertiary alicyclic amines) is 2. The van der Waals surface area contributed by atoms with Crippen molar-refractivity contribution in [3.05, 3.63) is 65.9 Å². The van der Waals surface area contributed by atoms with Crippen molar-refractivity contribution in [1.29, 1.82) is 0 Å². The van der Waals surface area contributed by atoms with Crippen molar-refractivity contribution >= 4 is 39.9 Å². The first-order valence-corrected chi connectivity index (χ1v) is 21.5. The van der Waals surface area contributed by atoms with Gasteiger partial charge in [0.1, 0.15) is 30.0 Å². The van der Waals surface area contributed by atoms with Crippen LogP contribution in [-0.4, -0.2) is 106 Å². The van der Waals surface area contributed by atoms with E-state index in [2.05, 4.69) is 68.8 Å². The number of fused-ring (bicyclic) bond motifs is 6. The van der Waals surface area contributed by atoms with Crippen LogP contribution in [0, 0.1) is 11.8 Å². The highest BCUT2D eigenvalue weighted by molar-refractivity contribution is 6.07. The van der Waals surface area contributed by atoms with Gasteiger partial charge in [-0.05, 0) is 91.3 Å². The Labute approximate surface area is 356 Å². The number of H-pyrrole nitrogens is 2. The number of carbonyl (C=O) groups excluding carboxylic acids is 3. The average Bonchev–Trinajstić information content (AvgIpc) is 4.09. The summed E-state index contributed by atoms with van der Waals surface area (Å²) in [7, 11) is 4.33. The zero-order chi connectivity index (χ0) is 43.1. The third-order valence-corrected chi connectivity index (χ3v) is 13.1. The number of rotatable bonds is 12. The van der Waals surface area contributed by atoms with Gasteiger partial charge in [0.05, 0.1) is 61.4 Å². The normalized spacial score (nSPS) is 21.5. The van der Waals surface area contributed by atoms with Gasteiger partial charge in [-0.2, -0.15) is 0 Å². The monoisotopic (exact) mass is 834 g/mol. The number of ether oxygens (including phenoxy) is 4. The fourth-order valence-corrected chi connectivity index (χ4v) is 9.49. The summed E-state index contributed by atoms with van der Waals surface area (Å²) in [5.41, 5.74) is 6.90. The molecule has 15 nitrogen and oxygen atoms in total. The predicted octanol–water partition coefficient (Wildman–Crippen LogP) is 7.63. The van der Waals surface area contributed by atoms with Crippen LogP contribution in [0.3, 0.4) is 0 Å². The van der Waals surface area contributed by atoms with E-state index in [0.29, 0.717) is 19.1 Å². The Morgan fingerprint density at radius 1 is 0.934 bits per heavy atom. The van der Waals surface area contributed by atoms with E-state index in [4.69, 9.17) is 28.9 Å². The zero-order valence-electron chi connectivity index (χ0n) is 36.3. The molecule has 4 N–H and O–H groups in total. The first-order valence-electron chi connectivity index (χ1n) is 21.5. The third kappa shape index (κ3) is 8.12. The highest BCUT2D eigenvalue weighted by atomic mass is 16.5. The van der Waals surface area contributed by atoms with Crippen LogP contribution in [0.5, 0.6) is 5.75 Å². The van der Waals surface area contributed by atoms with Gasteiger partial charge in [0, 0.05) is 37.2 Å². The van der Waals surface area contributed by atoms with Crippen LogP contribution in [0.15, 0.2) is 48.7 Å². The number of methoxy groups -OCH3 is 3. The van der Waals surface area contributed by atoms with Gasteiger partial charge in [0.2, 0.25) is 5.91 Å². The Hall–Kier alpha value is -5.67. The SMILES string of the molecule is CC[C@H]1C[C@@H](c2ncc(-c3ccc4c(c3)COc3cc5c(ccc6[nH]c([C@@H]7CC[C@H](C)N7C(=O)C(NC(=O)OC)C(C)C)nc65)cc3-4)[nH]2)N(C[C@@H](NC(=O)OC)[C@@H](C)OC)C1. The molecule has 7 atom stereocenters. The van der Waals surface area contributed by atoms with Crippen LogP contribution < -0.4 is 15.4 Å². The molecule has 0 radical (unpaired) electrons. The molecule has 2 aromatic heterocycles. The van der Waals surface area contributed by atoms with Gasteiger partial charge >= 0.3 is 12.2 Å². The smallest absolute Gasteiger partial charge is 0.407 e. The summed E-state index contributed by atoms with van der Waals surface area (Å²) < 4.78 is 21.8. The number of nitrogens with one attached hydrogen (secondary N) is 4. The maximum absolute atomic E-state index is 14.0. The first-order chi connectivity index (χ1) is 29.4. The molecular formula is C46H58N8O7. The lowest BCUT2D eigenvalue weighted by Crippen LogP contribution is -2.52. The Bertz CT molecular complexity index is 2430. The minimum atomic E-state index is -0.718. The first kappa shape index (κ1) is 42.0. The highest BCUT2D eigenvalue weighted by Gasteiger charge is 2.42. The number of nitrogens with zero attached hydrogens (tertiary/aromatic N) is 4. The van der Waals surface area contributed by atoms with Gasteiger partial charge in [-0.1, -0.05) is 45.4 Å². The molecule has 2 saturated heterocycles. The second-order valence-electron chi connectivity index (χ2n) is 17.2. The van der Waals surface area contributed by atoms with E-state index in [0.717, 1.165) is 99.4 Å². The van der Waals surface area contributed by atoms with Crippen molar-refractivity contribution in [3.63, 3.8) is 0 Å². The second-order valence-corrected chi connectivity index (χ2v) is 17.2. The number of aromatic amines is 2. The molecule has 2 fully saturated rings. The van der Waals surface area contributed by atoms with Crippen molar-refractivity contribution in [2.45, 2.75) is 103 Å². The summed E-state index contributed by atoms with van der Waals surface area (Å²) in [6.45, 7) is 12.0. The molecule has 5 aromatic rings. The number of hydrogen-bond acceptors (Lipinski definition) is 10. The third-order valence-electron chi connectivity index (χ3n) is 13.1. The lowest BCUT2D eigenvalue weighted by atomic mass is 9.92. The maximum Gasteiger partial charge on any atom is 0.407 e. The topological polar surface area (TPSA) is 176 Å². The standard InChI is InChI=1S/C46H58N8O7/c1-9-27-16-38(53(21-27)22-36(26(5)58-6)50-45(56)59-7)42-47-20-35(49-42)29-11-13-31-30(17-29)23-61-39-19-32-28(18-33(31)39)12-14-34-41(32)51-43(48-34)37-15-10-25(4)54(37)44(55)40(24(2)3)52-46(57)60-8/h11-14,17-20,24-27,36-38,40H,9-10,15-16,21-23H2,1-8H3,(H,47,49)(H,48,51)(H,50,56)(H,52,57)/t25-,26+,27-,36+,37-,38-,40?/m0/s1. The van der Waals surface area contributed by atoms with Crippen molar-refractivity contribution < 1.29 is 33.3 Å². The summed E-state index contributed by atoms with van der Waals surface area (Å²) >= 11 is 0. The molecule has 8 rings (SSSR count). The lowest BCUT2D eigenvalue weighted by molar-refractivity contribution is -0.137. The number of aromatic nitrogens is 4. The van der Waals surface area contributed by atoms with Gasteiger partial charge in [0.15, 0.2) is 0 Å². The molecule has 1 unspecified atom stereocenters. The fourth-order valence-electron chi connectivity index (χ4n) is 9.49. The molecule has 5 heterocycles. The molecule has 0 spiro atoms. The molecular weight excluding hydrogens is 777 g/mol. The molecule has 3 aliphatic rings. The molecule has 3 amide bonds. The second kappa shape index (κ2) is 17.4. The van der Waals surface area contributed by atoms with Crippen LogP contribution in [0.25, 0.3) is 44.2 Å². The lowest BCUT2D eigenvalue weighted by Gasteiger charge is -2.32. The van der Waals surface area contributed by atoms with E-state index in [1.54, 1.807) is 7.11 Å². The van der Waals surface area contributed by atoms with E-state index >= 15 is 0 Å². The van der Waals surface area contributed by atoms with Gasteiger partial charge < -0.3 is 44.4 Å². The number of hydrogen-bond donors (Lipinski definition) is 4. The molecule has 0 aliphatic carbocycles. The Morgan fingerprint density at radius 3 is 2.46 bits per heavy atom. The largest absolute Gasteiger partial charge is 0.488 e. The number of alkyl carbamates (subject to hydrolysis) is 2. The van der Waals surface area contributed by atoms with Crippen LogP contribution in [0.1, 0.15) is 89.6 Å². The Balaban J connectivity index is 1.04. The number of amides is 3. The molecule has 15 heteroatoms. The summed E-state index contributed by atoms with van der Waals surface area (Å²) in [4.78, 5) is 59.8. The van der Waals surface area contributed by atoms with Crippen LogP contribution in [-0.2, 0) is 25.6 Å². The zero-order valence-corrected chi connectivity index (χ0v) is 36.3. The van der Waals surface area contributed by atoms with Crippen molar-refractivity contribution in [3.8, 4) is 28.1 Å². The van der Waals surface area contributed by atoms with E-state index in [1.807, 2.05) is 44.9 Å². The summed E-state index contributed by atoms with van der Waals surface area (Å²) in [6.07, 6.45) is 4.22. The summed E-state index contributed by atoms with van der Waals surface area (Å²) in [6, 6.07) is 13.7. The number of benzene rings is 3.